The molecule has 1 fully saturated rings. The van der Waals surface area contributed by atoms with E-state index >= 15 is 0 Å². The number of nitrogens with zero attached hydrogens (tertiary/aromatic N) is 3. The highest BCUT2D eigenvalue weighted by Crippen LogP contribution is 2.23. The maximum Gasteiger partial charge on any atom is 0.261 e. The van der Waals surface area contributed by atoms with Crippen LogP contribution in [0.15, 0.2) is 48.0 Å². The standard InChI is InChI=1S/C22H24FN5O2S/c1-14-10-28(11-15(2)30-14)12-16-13-31-22(25-16)27-21(29)17-6-5-9-24-20(17)26-19-8-4-3-7-18(19)23/h3-9,13-15H,10-12H2,1-2H3,(H,24,26)(H,25,27,29). The number of hydrogen-bond acceptors (Lipinski definition) is 7. The molecule has 2 atom stereocenters. The minimum atomic E-state index is -0.421. The Morgan fingerprint density at radius 2 is 2.00 bits per heavy atom. The first-order valence-electron chi connectivity index (χ1n) is 10.1. The average molecular weight is 442 g/mol. The summed E-state index contributed by atoms with van der Waals surface area (Å²) in [7, 11) is 0. The first-order valence-corrected chi connectivity index (χ1v) is 11.0. The molecule has 9 heteroatoms. The summed E-state index contributed by atoms with van der Waals surface area (Å²) in [5, 5.41) is 8.17. The molecule has 2 unspecified atom stereocenters. The van der Waals surface area contributed by atoms with Crippen LogP contribution in [-0.4, -0.2) is 46.1 Å². The van der Waals surface area contributed by atoms with Gasteiger partial charge < -0.3 is 10.1 Å². The second-order valence-electron chi connectivity index (χ2n) is 7.55. The number of halogens is 1. The third kappa shape index (κ3) is 5.43. The van der Waals surface area contributed by atoms with Crippen molar-refractivity contribution in [3.63, 3.8) is 0 Å². The number of pyridine rings is 1. The average Bonchev–Trinajstić information content (AvgIpc) is 3.16. The van der Waals surface area contributed by atoms with E-state index in [4.69, 9.17) is 4.74 Å². The van der Waals surface area contributed by atoms with Crippen LogP contribution < -0.4 is 10.6 Å². The number of para-hydroxylation sites is 1. The van der Waals surface area contributed by atoms with Crippen LogP contribution in [0.5, 0.6) is 0 Å². The maximum absolute atomic E-state index is 14.0. The quantitative estimate of drug-likeness (QED) is 0.594. The van der Waals surface area contributed by atoms with Gasteiger partial charge in [0.2, 0.25) is 0 Å². The number of amides is 1. The van der Waals surface area contributed by atoms with Gasteiger partial charge >= 0.3 is 0 Å². The van der Waals surface area contributed by atoms with Crippen LogP contribution in [0.3, 0.4) is 0 Å². The molecule has 2 N–H and O–H groups in total. The lowest BCUT2D eigenvalue weighted by atomic mass is 10.2. The van der Waals surface area contributed by atoms with Crippen LogP contribution in [-0.2, 0) is 11.3 Å². The Labute approximate surface area is 184 Å². The molecule has 1 aliphatic heterocycles. The lowest BCUT2D eigenvalue weighted by molar-refractivity contribution is -0.0707. The highest BCUT2D eigenvalue weighted by Gasteiger charge is 2.23. The molecular formula is C22H24FN5O2S. The highest BCUT2D eigenvalue weighted by molar-refractivity contribution is 7.14. The van der Waals surface area contributed by atoms with E-state index in [-0.39, 0.29) is 29.6 Å². The zero-order chi connectivity index (χ0) is 21.8. The van der Waals surface area contributed by atoms with Crippen molar-refractivity contribution in [1.29, 1.82) is 0 Å². The van der Waals surface area contributed by atoms with E-state index in [1.54, 1.807) is 36.5 Å². The Balaban J connectivity index is 1.43. The van der Waals surface area contributed by atoms with Gasteiger partial charge in [0.05, 0.1) is 29.2 Å². The molecule has 1 aliphatic rings. The number of aromatic nitrogens is 2. The predicted molar refractivity (Wildman–Crippen MR) is 119 cm³/mol. The van der Waals surface area contributed by atoms with Crippen LogP contribution in [0.1, 0.15) is 29.9 Å². The fraction of sp³-hybridized carbons (Fsp3) is 0.318. The second-order valence-corrected chi connectivity index (χ2v) is 8.41. The molecule has 2 aromatic heterocycles. The van der Waals surface area contributed by atoms with Crippen LogP contribution >= 0.6 is 11.3 Å². The van der Waals surface area contributed by atoms with Gasteiger partial charge in [0.1, 0.15) is 11.6 Å². The number of carbonyl (C=O) groups is 1. The van der Waals surface area contributed by atoms with E-state index in [9.17, 15) is 9.18 Å². The number of rotatable bonds is 6. The molecule has 4 rings (SSSR count). The van der Waals surface area contributed by atoms with Gasteiger partial charge in [-0.25, -0.2) is 14.4 Å². The SMILES string of the molecule is CC1CN(Cc2csc(NC(=O)c3cccnc3Nc3ccccc3F)n2)CC(C)O1. The highest BCUT2D eigenvalue weighted by atomic mass is 32.1. The molecule has 0 bridgehead atoms. The van der Waals surface area contributed by atoms with E-state index in [2.05, 4.69) is 39.3 Å². The predicted octanol–water partition coefficient (Wildman–Crippen LogP) is 4.28. The Hall–Kier alpha value is -2.88. The van der Waals surface area contributed by atoms with E-state index in [1.165, 1.54) is 17.4 Å². The number of carbonyl (C=O) groups excluding carboxylic acids is 1. The lowest BCUT2D eigenvalue weighted by Gasteiger charge is -2.34. The molecule has 3 aromatic rings. The first kappa shape index (κ1) is 21.4. The lowest BCUT2D eigenvalue weighted by Crippen LogP contribution is -2.44. The molecule has 7 nitrogen and oxygen atoms in total. The van der Waals surface area contributed by atoms with Crippen molar-refractivity contribution in [1.82, 2.24) is 14.9 Å². The van der Waals surface area contributed by atoms with E-state index in [0.717, 1.165) is 18.8 Å². The Morgan fingerprint density at radius 3 is 2.77 bits per heavy atom. The van der Waals surface area contributed by atoms with E-state index < -0.39 is 5.82 Å². The summed E-state index contributed by atoms with van der Waals surface area (Å²) in [5.41, 5.74) is 1.46. The van der Waals surface area contributed by atoms with Crippen LogP contribution in [0.4, 0.5) is 21.0 Å². The topological polar surface area (TPSA) is 79.4 Å². The molecule has 0 radical (unpaired) electrons. The Morgan fingerprint density at radius 1 is 1.23 bits per heavy atom. The van der Waals surface area contributed by atoms with Gasteiger partial charge in [-0.2, -0.15) is 0 Å². The van der Waals surface area contributed by atoms with Crippen molar-refractivity contribution in [3.8, 4) is 0 Å². The smallest absolute Gasteiger partial charge is 0.261 e. The summed E-state index contributed by atoms with van der Waals surface area (Å²) >= 11 is 1.37. The molecule has 0 saturated carbocycles. The zero-order valence-corrected chi connectivity index (χ0v) is 18.2. The monoisotopic (exact) mass is 441 g/mol. The summed E-state index contributed by atoms with van der Waals surface area (Å²) in [4.78, 5) is 23.9. The second kappa shape index (κ2) is 9.51. The van der Waals surface area contributed by atoms with E-state index in [0.29, 0.717) is 17.2 Å². The molecule has 31 heavy (non-hydrogen) atoms. The van der Waals surface area contributed by atoms with Gasteiger partial charge in [-0.1, -0.05) is 12.1 Å². The Kier molecular flexibility index (Phi) is 6.55. The minimum Gasteiger partial charge on any atom is -0.373 e. The van der Waals surface area contributed by atoms with Crippen molar-refractivity contribution < 1.29 is 13.9 Å². The van der Waals surface area contributed by atoms with Crippen LogP contribution in [0, 0.1) is 5.82 Å². The van der Waals surface area contributed by atoms with Crippen molar-refractivity contribution in [2.45, 2.75) is 32.6 Å². The van der Waals surface area contributed by atoms with Crippen LogP contribution in [0.25, 0.3) is 0 Å². The van der Waals surface area contributed by atoms with Gasteiger partial charge in [-0.3, -0.25) is 15.0 Å². The van der Waals surface area contributed by atoms with Crippen molar-refractivity contribution in [3.05, 3.63) is 65.0 Å². The fourth-order valence-corrected chi connectivity index (χ4v) is 4.32. The third-order valence-corrected chi connectivity index (χ3v) is 5.64. The number of anilines is 3. The zero-order valence-electron chi connectivity index (χ0n) is 17.3. The Bertz CT molecular complexity index is 1050. The van der Waals surface area contributed by atoms with Gasteiger partial charge in [0.15, 0.2) is 5.13 Å². The number of nitrogens with one attached hydrogen (secondary N) is 2. The molecule has 1 saturated heterocycles. The minimum absolute atomic E-state index is 0.188. The molecule has 0 spiro atoms. The van der Waals surface area contributed by atoms with Gasteiger partial charge in [-0.05, 0) is 38.1 Å². The third-order valence-electron chi connectivity index (χ3n) is 4.83. The first-order chi connectivity index (χ1) is 15.0. The molecule has 0 aliphatic carbocycles. The van der Waals surface area contributed by atoms with Gasteiger partial charge in [0, 0.05) is 31.2 Å². The summed E-state index contributed by atoms with van der Waals surface area (Å²) < 4.78 is 19.8. The van der Waals surface area contributed by atoms with E-state index in [1.807, 2.05) is 5.38 Å². The number of ether oxygens (including phenoxy) is 1. The summed E-state index contributed by atoms with van der Waals surface area (Å²) in [6.45, 7) is 6.54. The molecule has 162 valence electrons. The number of hydrogen-bond donors (Lipinski definition) is 2. The van der Waals surface area contributed by atoms with Crippen LogP contribution in [0.2, 0.25) is 0 Å². The number of thiazole rings is 1. The molecular weight excluding hydrogens is 417 g/mol. The molecule has 1 aromatic carbocycles. The maximum atomic E-state index is 14.0. The molecule has 1 amide bonds. The summed E-state index contributed by atoms with van der Waals surface area (Å²) in [6.07, 6.45) is 1.92. The van der Waals surface area contributed by atoms with Gasteiger partial charge in [0.25, 0.3) is 5.91 Å². The summed E-state index contributed by atoms with van der Waals surface area (Å²) in [6, 6.07) is 9.54. The summed E-state index contributed by atoms with van der Waals surface area (Å²) in [5.74, 6) is -0.504. The largest absolute Gasteiger partial charge is 0.373 e. The van der Waals surface area contributed by atoms with Gasteiger partial charge in [-0.15, -0.1) is 11.3 Å². The number of benzene rings is 1. The number of morpholine rings is 1. The van der Waals surface area contributed by atoms with Crippen molar-refractivity contribution >= 4 is 33.9 Å². The fourth-order valence-electron chi connectivity index (χ4n) is 3.62. The van der Waals surface area contributed by atoms with Crippen molar-refractivity contribution in [2.75, 3.05) is 23.7 Å². The normalized spacial score (nSPS) is 19.2. The molecule has 3 heterocycles. The van der Waals surface area contributed by atoms with Crippen molar-refractivity contribution in [2.24, 2.45) is 0 Å².